The number of halogens is 1. The van der Waals surface area contributed by atoms with Crippen molar-refractivity contribution in [3.63, 3.8) is 0 Å². The molecule has 0 aromatic heterocycles. The van der Waals surface area contributed by atoms with Gasteiger partial charge in [0.1, 0.15) is 5.82 Å². The Balaban J connectivity index is 1.72. The van der Waals surface area contributed by atoms with Gasteiger partial charge < -0.3 is 15.5 Å². The Morgan fingerprint density at radius 2 is 1.25 bits per heavy atom. The fourth-order valence-electron chi connectivity index (χ4n) is 2.67. The zero-order valence-corrected chi connectivity index (χ0v) is 11.3. The van der Waals surface area contributed by atoms with Crippen molar-refractivity contribution in [1.82, 2.24) is 0 Å². The van der Waals surface area contributed by atoms with Crippen LogP contribution in [0.2, 0.25) is 0 Å². The second kappa shape index (κ2) is 5.41. The van der Waals surface area contributed by atoms with Crippen LogP contribution in [0.25, 0.3) is 0 Å². The Morgan fingerprint density at radius 1 is 0.750 bits per heavy atom. The summed E-state index contributed by atoms with van der Waals surface area (Å²) in [5.41, 5.74) is 8.56. The lowest BCUT2D eigenvalue weighted by Gasteiger charge is -2.37. The second-order valence-electron chi connectivity index (χ2n) is 4.98. The molecular formula is C16H18FN3. The van der Waals surface area contributed by atoms with E-state index < -0.39 is 0 Å². The second-order valence-corrected chi connectivity index (χ2v) is 4.98. The maximum Gasteiger partial charge on any atom is 0.146 e. The maximum absolute atomic E-state index is 13.8. The molecule has 1 saturated heterocycles. The van der Waals surface area contributed by atoms with E-state index in [-0.39, 0.29) is 5.82 Å². The van der Waals surface area contributed by atoms with E-state index in [0.29, 0.717) is 5.69 Å². The summed E-state index contributed by atoms with van der Waals surface area (Å²) in [7, 11) is 0. The van der Waals surface area contributed by atoms with E-state index in [4.69, 9.17) is 5.73 Å². The molecule has 0 spiro atoms. The zero-order valence-electron chi connectivity index (χ0n) is 11.3. The average molecular weight is 271 g/mol. The molecule has 0 unspecified atom stereocenters. The Labute approximate surface area is 118 Å². The number of para-hydroxylation sites is 3. The first kappa shape index (κ1) is 12.8. The number of nitrogens with two attached hydrogens (primary N) is 1. The van der Waals surface area contributed by atoms with Crippen molar-refractivity contribution in [2.24, 2.45) is 0 Å². The van der Waals surface area contributed by atoms with Crippen molar-refractivity contribution in [3.05, 3.63) is 54.3 Å². The third-order valence-corrected chi connectivity index (χ3v) is 3.75. The predicted molar refractivity (Wildman–Crippen MR) is 81.7 cm³/mol. The van der Waals surface area contributed by atoms with Crippen LogP contribution in [0, 0.1) is 5.82 Å². The molecule has 2 aromatic rings. The van der Waals surface area contributed by atoms with Gasteiger partial charge in [-0.1, -0.05) is 24.3 Å². The Hall–Kier alpha value is -2.23. The molecule has 0 atom stereocenters. The molecule has 1 fully saturated rings. The van der Waals surface area contributed by atoms with Gasteiger partial charge in [0.25, 0.3) is 0 Å². The molecule has 0 bridgehead atoms. The van der Waals surface area contributed by atoms with Crippen molar-refractivity contribution in [1.29, 1.82) is 0 Å². The highest BCUT2D eigenvalue weighted by Crippen LogP contribution is 2.26. The number of hydrogen-bond donors (Lipinski definition) is 1. The molecule has 0 amide bonds. The topological polar surface area (TPSA) is 32.5 Å². The molecule has 1 aliphatic heterocycles. The number of nitrogens with zero attached hydrogens (tertiary/aromatic N) is 2. The van der Waals surface area contributed by atoms with Gasteiger partial charge in [0, 0.05) is 26.2 Å². The lowest BCUT2D eigenvalue weighted by Crippen LogP contribution is -2.47. The van der Waals surface area contributed by atoms with Crippen molar-refractivity contribution in [3.8, 4) is 0 Å². The first-order valence-corrected chi connectivity index (χ1v) is 6.84. The first-order chi connectivity index (χ1) is 9.75. The van der Waals surface area contributed by atoms with E-state index >= 15 is 0 Å². The van der Waals surface area contributed by atoms with Crippen LogP contribution >= 0.6 is 0 Å². The summed E-state index contributed by atoms with van der Waals surface area (Å²) < 4.78 is 13.8. The molecule has 1 heterocycles. The summed E-state index contributed by atoms with van der Waals surface area (Å²) in [6.07, 6.45) is 0. The molecule has 0 saturated carbocycles. The number of rotatable bonds is 2. The minimum atomic E-state index is -0.153. The third-order valence-electron chi connectivity index (χ3n) is 3.75. The van der Waals surface area contributed by atoms with Gasteiger partial charge in [-0.05, 0) is 24.3 Å². The van der Waals surface area contributed by atoms with Crippen LogP contribution < -0.4 is 15.5 Å². The van der Waals surface area contributed by atoms with Crippen LogP contribution in [0.15, 0.2) is 48.5 Å². The van der Waals surface area contributed by atoms with Crippen LogP contribution in [0.5, 0.6) is 0 Å². The number of nitrogen functional groups attached to an aromatic ring is 1. The monoisotopic (exact) mass is 271 g/mol. The van der Waals surface area contributed by atoms with Crippen LogP contribution in [-0.2, 0) is 0 Å². The van der Waals surface area contributed by atoms with E-state index in [2.05, 4.69) is 9.80 Å². The molecule has 3 rings (SSSR count). The minimum absolute atomic E-state index is 0.153. The summed E-state index contributed by atoms with van der Waals surface area (Å²) >= 11 is 0. The van der Waals surface area contributed by atoms with Gasteiger partial charge in [0.2, 0.25) is 0 Å². The van der Waals surface area contributed by atoms with Crippen LogP contribution in [0.3, 0.4) is 0 Å². The van der Waals surface area contributed by atoms with Crippen LogP contribution in [-0.4, -0.2) is 26.2 Å². The summed E-state index contributed by atoms with van der Waals surface area (Å²) in [6, 6.07) is 14.8. The summed E-state index contributed by atoms with van der Waals surface area (Å²) in [4.78, 5) is 4.34. The predicted octanol–water partition coefficient (Wildman–Crippen LogP) is 2.73. The molecule has 20 heavy (non-hydrogen) atoms. The van der Waals surface area contributed by atoms with Crippen molar-refractivity contribution in [2.45, 2.75) is 0 Å². The fraction of sp³-hybridized carbons (Fsp3) is 0.250. The lowest BCUT2D eigenvalue weighted by molar-refractivity contribution is 0.598. The van der Waals surface area contributed by atoms with Gasteiger partial charge >= 0.3 is 0 Å². The molecule has 0 radical (unpaired) electrons. The Morgan fingerprint density at radius 3 is 1.85 bits per heavy atom. The van der Waals surface area contributed by atoms with Crippen LogP contribution in [0.1, 0.15) is 0 Å². The highest BCUT2D eigenvalue weighted by atomic mass is 19.1. The lowest BCUT2D eigenvalue weighted by atomic mass is 10.2. The minimum Gasteiger partial charge on any atom is -0.397 e. The number of benzene rings is 2. The molecule has 0 aliphatic carbocycles. The fourth-order valence-corrected chi connectivity index (χ4v) is 2.67. The molecule has 104 valence electrons. The molecule has 4 heteroatoms. The quantitative estimate of drug-likeness (QED) is 0.852. The molecule has 3 nitrogen and oxygen atoms in total. The van der Waals surface area contributed by atoms with Gasteiger partial charge in [-0.2, -0.15) is 0 Å². The summed E-state index contributed by atoms with van der Waals surface area (Å²) in [5, 5.41) is 0. The van der Waals surface area contributed by atoms with E-state index in [9.17, 15) is 4.39 Å². The van der Waals surface area contributed by atoms with Gasteiger partial charge in [-0.3, -0.25) is 0 Å². The highest BCUT2D eigenvalue weighted by molar-refractivity contribution is 5.68. The molecule has 1 aliphatic rings. The Kier molecular flexibility index (Phi) is 3.46. The van der Waals surface area contributed by atoms with Gasteiger partial charge in [0.05, 0.1) is 17.1 Å². The zero-order chi connectivity index (χ0) is 13.9. The molecule has 2 aromatic carbocycles. The Bertz CT molecular complexity index is 538. The van der Waals surface area contributed by atoms with Gasteiger partial charge in [0.15, 0.2) is 0 Å². The van der Waals surface area contributed by atoms with E-state index in [1.54, 1.807) is 6.07 Å². The normalized spacial score (nSPS) is 15.4. The molecule has 2 N–H and O–H groups in total. The average Bonchev–Trinajstić information content (AvgIpc) is 2.49. The highest BCUT2D eigenvalue weighted by Gasteiger charge is 2.20. The van der Waals surface area contributed by atoms with Crippen molar-refractivity contribution in [2.75, 3.05) is 41.7 Å². The van der Waals surface area contributed by atoms with Gasteiger partial charge in [-0.15, -0.1) is 0 Å². The third kappa shape index (κ3) is 2.41. The first-order valence-electron chi connectivity index (χ1n) is 6.84. The van der Waals surface area contributed by atoms with Crippen molar-refractivity contribution < 1.29 is 4.39 Å². The SMILES string of the molecule is Nc1ccccc1N1CCN(c2ccccc2F)CC1. The number of piperazine rings is 1. The van der Waals surface area contributed by atoms with E-state index in [1.165, 1.54) is 6.07 Å². The number of hydrogen-bond acceptors (Lipinski definition) is 3. The van der Waals surface area contributed by atoms with E-state index in [1.807, 2.05) is 36.4 Å². The largest absolute Gasteiger partial charge is 0.397 e. The standard InChI is InChI=1S/C16H18FN3/c17-13-5-1-3-7-15(13)19-9-11-20(12-10-19)16-8-4-2-6-14(16)18/h1-8H,9-12,18H2. The summed E-state index contributed by atoms with van der Waals surface area (Å²) in [5.74, 6) is -0.153. The van der Waals surface area contributed by atoms with Gasteiger partial charge in [-0.25, -0.2) is 4.39 Å². The summed E-state index contributed by atoms with van der Waals surface area (Å²) in [6.45, 7) is 3.30. The smallest absolute Gasteiger partial charge is 0.146 e. The van der Waals surface area contributed by atoms with E-state index in [0.717, 1.165) is 37.6 Å². The van der Waals surface area contributed by atoms with Crippen molar-refractivity contribution >= 4 is 17.1 Å². The maximum atomic E-state index is 13.8. The number of anilines is 3. The molecular weight excluding hydrogens is 253 g/mol. The van der Waals surface area contributed by atoms with Crippen LogP contribution in [0.4, 0.5) is 21.5 Å².